The first-order valence-corrected chi connectivity index (χ1v) is 8.63. The second-order valence-corrected chi connectivity index (χ2v) is 6.85. The number of carbonyl (C=O) groups is 2. The van der Waals surface area contributed by atoms with Gasteiger partial charge in [-0.2, -0.15) is 0 Å². The fraction of sp³-hybridized carbons (Fsp3) is 0.611. The van der Waals surface area contributed by atoms with E-state index in [1.807, 2.05) is 18.7 Å². The molecular weight excluding hydrogens is 306 g/mol. The van der Waals surface area contributed by atoms with Crippen molar-refractivity contribution in [3.8, 4) is 5.88 Å². The van der Waals surface area contributed by atoms with Gasteiger partial charge in [-0.05, 0) is 51.7 Å². The Morgan fingerprint density at radius 3 is 2.67 bits per heavy atom. The van der Waals surface area contributed by atoms with E-state index >= 15 is 0 Å². The quantitative estimate of drug-likeness (QED) is 0.851. The highest BCUT2D eigenvalue weighted by Gasteiger charge is 2.53. The second kappa shape index (κ2) is 6.42. The smallest absolute Gasteiger partial charge is 0.260 e. The Morgan fingerprint density at radius 2 is 2.00 bits per heavy atom. The first-order valence-electron chi connectivity index (χ1n) is 8.63. The number of ether oxygens (including phenoxy) is 1. The average Bonchev–Trinajstić information content (AvgIpc) is 3.01. The van der Waals surface area contributed by atoms with Crippen LogP contribution in [0.1, 0.15) is 49.9 Å². The Labute approximate surface area is 142 Å². The molecule has 0 saturated carbocycles. The van der Waals surface area contributed by atoms with Crippen molar-refractivity contribution in [1.82, 2.24) is 14.8 Å². The molecule has 2 fully saturated rings. The van der Waals surface area contributed by atoms with Gasteiger partial charge in [-0.15, -0.1) is 0 Å². The van der Waals surface area contributed by atoms with E-state index < -0.39 is 5.54 Å². The highest BCUT2D eigenvalue weighted by atomic mass is 16.5. The zero-order chi connectivity index (χ0) is 17.3. The molecule has 0 bridgehead atoms. The van der Waals surface area contributed by atoms with Gasteiger partial charge in [-0.1, -0.05) is 0 Å². The zero-order valence-electron chi connectivity index (χ0n) is 14.6. The van der Waals surface area contributed by atoms with Gasteiger partial charge in [-0.3, -0.25) is 9.59 Å². The van der Waals surface area contributed by atoms with Crippen LogP contribution in [0.4, 0.5) is 0 Å². The Bertz CT molecular complexity index is 646. The van der Waals surface area contributed by atoms with Crippen LogP contribution in [0.3, 0.4) is 0 Å². The summed E-state index contributed by atoms with van der Waals surface area (Å²) in [7, 11) is 1.51. The fourth-order valence-corrected chi connectivity index (χ4v) is 4.03. The number of nitrogens with zero attached hydrogens (tertiary/aromatic N) is 3. The number of likely N-dealkylation sites (tertiary alicyclic amines) is 2. The molecule has 24 heavy (non-hydrogen) atoms. The lowest BCUT2D eigenvalue weighted by Gasteiger charge is -2.46. The number of carbonyl (C=O) groups excluding carboxylic acids is 2. The Hall–Kier alpha value is -2.11. The molecule has 2 saturated heterocycles. The van der Waals surface area contributed by atoms with E-state index in [1.54, 1.807) is 23.2 Å². The van der Waals surface area contributed by atoms with Crippen LogP contribution in [0.5, 0.6) is 5.88 Å². The van der Waals surface area contributed by atoms with Crippen LogP contribution in [0.25, 0.3) is 0 Å². The van der Waals surface area contributed by atoms with Crippen molar-refractivity contribution in [1.29, 1.82) is 0 Å². The number of amides is 2. The number of aromatic nitrogens is 1. The molecule has 3 rings (SSSR count). The van der Waals surface area contributed by atoms with Gasteiger partial charge in [0.15, 0.2) is 0 Å². The summed E-state index contributed by atoms with van der Waals surface area (Å²) in [5, 5.41) is 0. The normalized spacial score (nSPS) is 24.1. The minimum absolute atomic E-state index is 0.0949. The highest BCUT2D eigenvalue weighted by Crippen LogP contribution is 2.40. The molecule has 130 valence electrons. The molecule has 0 radical (unpaired) electrons. The van der Waals surface area contributed by atoms with Crippen LogP contribution in [-0.2, 0) is 4.79 Å². The molecule has 0 N–H and O–H groups in total. The third-order valence-electron chi connectivity index (χ3n) is 5.20. The lowest BCUT2D eigenvalue weighted by molar-refractivity contribution is -0.147. The number of hydrogen-bond acceptors (Lipinski definition) is 4. The molecule has 6 heteroatoms. The number of piperidine rings is 1. The summed E-state index contributed by atoms with van der Waals surface area (Å²) in [6.07, 6.45) is 4.86. The summed E-state index contributed by atoms with van der Waals surface area (Å²) in [6.45, 7) is 5.44. The van der Waals surface area contributed by atoms with Crippen molar-refractivity contribution in [2.24, 2.45) is 0 Å². The molecular formula is C18H25N3O3. The molecule has 1 unspecified atom stereocenters. The van der Waals surface area contributed by atoms with Crippen LogP contribution in [0.2, 0.25) is 0 Å². The third kappa shape index (κ3) is 2.54. The molecule has 0 aliphatic carbocycles. The minimum atomic E-state index is -0.694. The average molecular weight is 331 g/mol. The topological polar surface area (TPSA) is 62.7 Å². The van der Waals surface area contributed by atoms with Gasteiger partial charge in [0.25, 0.3) is 5.91 Å². The Morgan fingerprint density at radius 1 is 1.29 bits per heavy atom. The Kier molecular flexibility index (Phi) is 4.47. The fourth-order valence-electron chi connectivity index (χ4n) is 4.03. The molecule has 2 amide bonds. The zero-order valence-corrected chi connectivity index (χ0v) is 14.6. The third-order valence-corrected chi connectivity index (χ3v) is 5.20. The number of methoxy groups -OCH3 is 1. The second-order valence-electron chi connectivity index (χ2n) is 6.85. The molecule has 1 aromatic heterocycles. The van der Waals surface area contributed by atoms with Gasteiger partial charge >= 0.3 is 0 Å². The van der Waals surface area contributed by atoms with Crippen LogP contribution in [0.15, 0.2) is 18.3 Å². The maximum atomic E-state index is 13.2. The van der Waals surface area contributed by atoms with Gasteiger partial charge in [-0.25, -0.2) is 4.98 Å². The van der Waals surface area contributed by atoms with Gasteiger partial charge in [0, 0.05) is 25.3 Å². The van der Waals surface area contributed by atoms with Crippen molar-refractivity contribution in [3.05, 3.63) is 23.9 Å². The SMILES string of the molecule is COc1ncccc1C(=O)N1CCCC12CCCN(C(C)C)C2=O. The van der Waals surface area contributed by atoms with Crippen molar-refractivity contribution >= 4 is 11.8 Å². The molecule has 2 aliphatic rings. The molecule has 0 aromatic carbocycles. The van der Waals surface area contributed by atoms with E-state index in [9.17, 15) is 9.59 Å². The van der Waals surface area contributed by atoms with Crippen molar-refractivity contribution in [2.45, 2.75) is 51.1 Å². The number of rotatable bonds is 3. The predicted molar refractivity (Wildman–Crippen MR) is 89.9 cm³/mol. The van der Waals surface area contributed by atoms with E-state index in [0.717, 1.165) is 32.2 Å². The van der Waals surface area contributed by atoms with E-state index in [0.29, 0.717) is 18.0 Å². The standard InChI is InChI=1S/C18H25N3O3/c1-13(2)20-11-5-8-18(17(20)23)9-6-12-21(18)16(22)14-7-4-10-19-15(14)24-3/h4,7,10,13H,5-6,8-9,11-12H2,1-3H3. The van der Waals surface area contributed by atoms with Crippen molar-refractivity contribution < 1.29 is 14.3 Å². The van der Waals surface area contributed by atoms with Crippen LogP contribution >= 0.6 is 0 Å². The monoisotopic (exact) mass is 331 g/mol. The lowest BCUT2D eigenvalue weighted by atomic mass is 9.84. The Balaban J connectivity index is 1.95. The summed E-state index contributed by atoms with van der Waals surface area (Å²) in [5.74, 6) is 0.252. The maximum Gasteiger partial charge on any atom is 0.260 e. The van der Waals surface area contributed by atoms with E-state index in [-0.39, 0.29) is 17.9 Å². The molecule has 1 aromatic rings. The van der Waals surface area contributed by atoms with Gasteiger partial charge < -0.3 is 14.5 Å². The van der Waals surface area contributed by atoms with E-state index in [2.05, 4.69) is 4.98 Å². The number of hydrogen-bond donors (Lipinski definition) is 0. The first-order chi connectivity index (χ1) is 11.5. The highest BCUT2D eigenvalue weighted by molar-refractivity contribution is 6.01. The number of pyridine rings is 1. The van der Waals surface area contributed by atoms with Crippen molar-refractivity contribution in [3.63, 3.8) is 0 Å². The molecule has 1 spiro atoms. The van der Waals surface area contributed by atoms with Gasteiger partial charge in [0.1, 0.15) is 11.1 Å². The minimum Gasteiger partial charge on any atom is -0.480 e. The largest absolute Gasteiger partial charge is 0.480 e. The van der Waals surface area contributed by atoms with Crippen LogP contribution in [-0.4, -0.2) is 58.4 Å². The summed E-state index contributed by atoms with van der Waals surface area (Å²) in [4.78, 5) is 34.1. The molecule has 3 heterocycles. The lowest BCUT2D eigenvalue weighted by Crippen LogP contribution is -2.62. The summed E-state index contributed by atoms with van der Waals surface area (Å²) in [6, 6.07) is 3.59. The van der Waals surface area contributed by atoms with Gasteiger partial charge in [0.05, 0.1) is 7.11 Å². The maximum absolute atomic E-state index is 13.2. The van der Waals surface area contributed by atoms with E-state index in [1.165, 1.54) is 7.11 Å². The molecule has 2 aliphatic heterocycles. The van der Waals surface area contributed by atoms with Crippen molar-refractivity contribution in [2.75, 3.05) is 20.2 Å². The summed E-state index contributed by atoms with van der Waals surface area (Å²) >= 11 is 0. The van der Waals surface area contributed by atoms with Crippen LogP contribution < -0.4 is 4.74 Å². The van der Waals surface area contributed by atoms with E-state index in [4.69, 9.17) is 4.74 Å². The van der Waals surface area contributed by atoms with Gasteiger partial charge in [0.2, 0.25) is 11.8 Å². The molecule has 1 atom stereocenters. The summed E-state index contributed by atoms with van der Waals surface area (Å²) < 4.78 is 5.23. The predicted octanol–water partition coefficient (Wildman–Crippen LogP) is 2.10. The molecule has 6 nitrogen and oxygen atoms in total. The first kappa shape index (κ1) is 16.7. The summed E-state index contributed by atoms with van der Waals surface area (Å²) in [5.41, 5.74) is -0.267. The van der Waals surface area contributed by atoms with Crippen LogP contribution in [0, 0.1) is 0 Å².